The van der Waals surface area contributed by atoms with Crippen LogP contribution in [-0.4, -0.2) is 57.4 Å². The third-order valence-electron chi connectivity index (χ3n) is 3.69. The number of piperidine rings is 1. The first kappa shape index (κ1) is 18.3. The van der Waals surface area contributed by atoms with Gasteiger partial charge in [-0.25, -0.2) is 13.1 Å². The SMILES string of the molecule is CSc1cccc(NC(=O)CN2CCC(NS(C)(=O)=O)CC2)c1. The van der Waals surface area contributed by atoms with E-state index in [1.165, 1.54) is 6.26 Å². The van der Waals surface area contributed by atoms with E-state index >= 15 is 0 Å². The summed E-state index contributed by atoms with van der Waals surface area (Å²) in [5.41, 5.74) is 0.801. The van der Waals surface area contributed by atoms with Crippen molar-refractivity contribution in [2.45, 2.75) is 23.8 Å². The van der Waals surface area contributed by atoms with Crippen LogP contribution in [0.4, 0.5) is 5.69 Å². The number of hydrogen-bond donors (Lipinski definition) is 2. The quantitative estimate of drug-likeness (QED) is 0.752. The fraction of sp³-hybridized carbons (Fsp3) is 0.533. The van der Waals surface area contributed by atoms with E-state index < -0.39 is 10.0 Å². The van der Waals surface area contributed by atoms with Gasteiger partial charge < -0.3 is 5.32 Å². The second-order valence-corrected chi connectivity index (χ2v) is 8.38. The molecule has 6 nitrogen and oxygen atoms in total. The van der Waals surface area contributed by atoms with Gasteiger partial charge in [0.2, 0.25) is 15.9 Å². The Morgan fingerprint density at radius 1 is 1.35 bits per heavy atom. The normalized spacial score (nSPS) is 17.1. The van der Waals surface area contributed by atoms with Crippen LogP contribution in [0.5, 0.6) is 0 Å². The average Bonchev–Trinajstić information content (AvgIpc) is 2.48. The van der Waals surface area contributed by atoms with Crippen LogP contribution in [0.25, 0.3) is 0 Å². The third-order valence-corrected chi connectivity index (χ3v) is 5.18. The molecule has 0 atom stereocenters. The number of rotatable bonds is 6. The number of hydrogen-bond acceptors (Lipinski definition) is 5. The minimum absolute atomic E-state index is 0.0254. The van der Waals surface area contributed by atoms with E-state index in [-0.39, 0.29) is 11.9 Å². The lowest BCUT2D eigenvalue weighted by Crippen LogP contribution is -2.46. The minimum Gasteiger partial charge on any atom is -0.325 e. The molecule has 8 heteroatoms. The van der Waals surface area contributed by atoms with Crippen LogP contribution >= 0.6 is 11.8 Å². The molecule has 1 aliphatic heterocycles. The van der Waals surface area contributed by atoms with Gasteiger partial charge >= 0.3 is 0 Å². The van der Waals surface area contributed by atoms with Gasteiger partial charge in [0.15, 0.2) is 0 Å². The lowest BCUT2D eigenvalue weighted by Gasteiger charge is -2.31. The van der Waals surface area contributed by atoms with Crippen molar-refractivity contribution < 1.29 is 13.2 Å². The van der Waals surface area contributed by atoms with Crippen molar-refractivity contribution in [1.29, 1.82) is 0 Å². The zero-order chi connectivity index (χ0) is 16.9. The highest BCUT2D eigenvalue weighted by Gasteiger charge is 2.22. The minimum atomic E-state index is -3.16. The summed E-state index contributed by atoms with van der Waals surface area (Å²) in [6.07, 6.45) is 4.62. The molecule has 1 aromatic carbocycles. The third kappa shape index (κ3) is 6.50. The summed E-state index contributed by atoms with van der Waals surface area (Å²) < 4.78 is 25.1. The van der Waals surface area contributed by atoms with E-state index in [9.17, 15) is 13.2 Å². The standard InChI is InChI=1S/C15H23N3O3S2/c1-22-14-5-3-4-13(10-14)16-15(19)11-18-8-6-12(7-9-18)17-23(2,20)21/h3-5,10,12,17H,6-9,11H2,1-2H3,(H,16,19). The van der Waals surface area contributed by atoms with Crippen LogP contribution in [0.3, 0.4) is 0 Å². The fourth-order valence-corrected chi connectivity index (χ4v) is 3.92. The number of sulfonamides is 1. The molecule has 23 heavy (non-hydrogen) atoms. The predicted molar refractivity (Wildman–Crippen MR) is 94.3 cm³/mol. The molecule has 1 fully saturated rings. The second-order valence-electron chi connectivity index (χ2n) is 5.72. The molecule has 1 heterocycles. The Hall–Kier alpha value is -1.09. The first-order valence-corrected chi connectivity index (χ1v) is 10.6. The van der Waals surface area contributed by atoms with Gasteiger partial charge in [-0.2, -0.15) is 0 Å². The molecule has 1 saturated heterocycles. The molecule has 2 rings (SSSR count). The predicted octanol–water partition coefficient (Wildman–Crippen LogP) is 1.36. The van der Waals surface area contributed by atoms with Crippen LogP contribution in [0.2, 0.25) is 0 Å². The Bertz CT molecular complexity index is 641. The molecule has 2 N–H and O–H groups in total. The number of carbonyl (C=O) groups is 1. The lowest BCUT2D eigenvalue weighted by molar-refractivity contribution is -0.117. The molecule has 0 radical (unpaired) electrons. The lowest BCUT2D eigenvalue weighted by atomic mass is 10.1. The number of anilines is 1. The fourth-order valence-electron chi connectivity index (χ4n) is 2.62. The van der Waals surface area contributed by atoms with E-state index in [1.54, 1.807) is 11.8 Å². The van der Waals surface area contributed by atoms with E-state index in [4.69, 9.17) is 0 Å². The molecule has 0 saturated carbocycles. The van der Waals surface area contributed by atoms with Gasteiger partial charge in [-0.05, 0) is 37.3 Å². The van der Waals surface area contributed by atoms with Gasteiger partial charge in [0.25, 0.3) is 0 Å². The molecular formula is C15H23N3O3S2. The van der Waals surface area contributed by atoms with E-state index in [1.807, 2.05) is 35.4 Å². The highest BCUT2D eigenvalue weighted by Crippen LogP contribution is 2.19. The number of carbonyl (C=O) groups excluding carboxylic acids is 1. The van der Waals surface area contributed by atoms with Gasteiger partial charge in [0, 0.05) is 29.7 Å². The van der Waals surface area contributed by atoms with Crippen molar-refractivity contribution in [2.75, 3.05) is 37.5 Å². The number of amides is 1. The van der Waals surface area contributed by atoms with E-state index in [2.05, 4.69) is 10.0 Å². The summed E-state index contributed by atoms with van der Waals surface area (Å²) in [4.78, 5) is 15.3. The molecule has 0 unspecified atom stereocenters. The highest BCUT2D eigenvalue weighted by atomic mass is 32.2. The summed E-state index contributed by atoms with van der Waals surface area (Å²) in [5, 5.41) is 2.91. The second kappa shape index (κ2) is 8.14. The molecule has 1 aromatic rings. The molecule has 0 aromatic heterocycles. The summed E-state index contributed by atoms with van der Waals surface area (Å²) in [6, 6.07) is 7.72. The Morgan fingerprint density at radius 3 is 2.65 bits per heavy atom. The van der Waals surface area contributed by atoms with E-state index in [0.29, 0.717) is 19.6 Å². The molecule has 1 aliphatic rings. The van der Waals surface area contributed by atoms with Crippen LogP contribution in [0, 0.1) is 0 Å². The maximum absolute atomic E-state index is 12.1. The zero-order valence-corrected chi connectivity index (χ0v) is 15.0. The summed E-state index contributed by atoms with van der Waals surface area (Å²) in [6.45, 7) is 1.76. The van der Waals surface area contributed by atoms with Crippen LogP contribution in [0.1, 0.15) is 12.8 Å². The van der Waals surface area contributed by atoms with E-state index in [0.717, 1.165) is 23.4 Å². The van der Waals surface area contributed by atoms with Gasteiger partial charge in [0.1, 0.15) is 0 Å². The smallest absolute Gasteiger partial charge is 0.238 e. The van der Waals surface area contributed by atoms with Crippen molar-refractivity contribution in [3.05, 3.63) is 24.3 Å². The number of benzene rings is 1. The molecule has 0 bridgehead atoms. The Morgan fingerprint density at radius 2 is 2.04 bits per heavy atom. The molecular weight excluding hydrogens is 334 g/mol. The number of nitrogens with one attached hydrogen (secondary N) is 2. The first-order valence-electron chi connectivity index (χ1n) is 7.49. The van der Waals surface area contributed by atoms with Gasteiger partial charge in [0.05, 0.1) is 12.8 Å². The van der Waals surface area contributed by atoms with Gasteiger partial charge in [-0.3, -0.25) is 9.69 Å². The van der Waals surface area contributed by atoms with Crippen molar-refractivity contribution in [3.63, 3.8) is 0 Å². The first-order chi connectivity index (χ1) is 10.9. The van der Waals surface area contributed by atoms with Crippen LogP contribution < -0.4 is 10.0 Å². The maximum atomic E-state index is 12.1. The zero-order valence-electron chi connectivity index (χ0n) is 13.4. The summed E-state index contributed by atoms with van der Waals surface area (Å²) >= 11 is 1.63. The largest absolute Gasteiger partial charge is 0.325 e. The molecule has 0 aliphatic carbocycles. The van der Waals surface area contributed by atoms with Crippen LogP contribution in [0.15, 0.2) is 29.2 Å². The molecule has 128 valence electrons. The highest BCUT2D eigenvalue weighted by molar-refractivity contribution is 7.98. The Labute approximate surface area is 142 Å². The van der Waals surface area contributed by atoms with Crippen molar-refractivity contribution >= 4 is 33.4 Å². The van der Waals surface area contributed by atoms with Crippen molar-refractivity contribution in [3.8, 4) is 0 Å². The maximum Gasteiger partial charge on any atom is 0.238 e. The molecule has 0 spiro atoms. The Kier molecular flexibility index (Phi) is 6.46. The monoisotopic (exact) mass is 357 g/mol. The average molecular weight is 358 g/mol. The molecule has 1 amide bonds. The van der Waals surface area contributed by atoms with Gasteiger partial charge in [-0.15, -0.1) is 11.8 Å². The van der Waals surface area contributed by atoms with Crippen molar-refractivity contribution in [2.24, 2.45) is 0 Å². The van der Waals surface area contributed by atoms with Crippen molar-refractivity contribution in [1.82, 2.24) is 9.62 Å². The summed E-state index contributed by atoms with van der Waals surface area (Å²) in [5.74, 6) is -0.0437. The number of nitrogens with zero attached hydrogens (tertiary/aromatic N) is 1. The number of thioether (sulfide) groups is 1. The topological polar surface area (TPSA) is 78.5 Å². The Balaban J connectivity index is 1.78. The summed E-state index contributed by atoms with van der Waals surface area (Å²) in [7, 11) is -3.16. The number of likely N-dealkylation sites (tertiary alicyclic amines) is 1. The van der Waals surface area contributed by atoms with Gasteiger partial charge in [-0.1, -0.05) is 6.07 Å². The van der Waals surface area contributed by atoms with Crippen LogP contribution in [-0.2, 0) is 14.8 Å².